The molecule has 1 N–H and O–H groups in total. The van der Waals surface area contributed by atoms with Crippen LogP contribution >= 0.6 is 0 Å². The minimum Gasteiger partial charge on any atom is -0.304 e. The van der Waals surface area contributed by atoms with Gasteiger partial charge in [0.05, 0.1) is 11.6 Å². The molecule has 4 heteroatoms. The molecule has 1 aliphatic rings. The van der Waals surface area contributed by atoms with Crippen molar-refractivity contribution >= 4 is 0 Å². The Labute approximate surface area is 98.0 Å². The maximum Gasteiger partial charge on any atom is 0.416 e. The summed E-state index contributed by atoms with van der Waals surface area (Å²) in [5.74, 6) is 5.73. The molecule has 0 bridgehead atoms. The number of hydrogen-bond donors (Lipinski definition) is 1. The maximum atomic E-state index is 12.4. The summed E-state index contributed by atoms with van der Waals surface area (Å²) in [5.41, 5.74) is -0.239. The fourth-order valence-corrected chi connectivity index (χ4v) is 1.75. The molecule has 90 valence electrons. The Kier molecular flexibility index (Phi) is 3.39. The van der Waals surface area contributed by atoms with Crippen LogP contribution in [0, 0.1) is 11.8 Å². The summed E-state index contributed by atoms with van der Waals surface area (Å²) in [6, 6.07) is 5.23. The Morgan fingerprint density at radius 2 is 2.12 bits per heavy atom. The lowest BCUT2D eigenvalue weighted by Gasteiger charge is -2.06. The van der Waals surface area contributed by atoms with E-state index in [9.17, 15) is 13.2 Å². The van der Waals surface area contributed by atoms with E-state index in [2.05, 4.69) is 17.2 Å². The summed E-state index contributed by atoms with van der Waals surface area (Å²) >= 11 is 0. The van der Waals surface area contributed by atoms with Gasteiger partial charge in [0.15, 0.2) is 0 Å². The molecule has 0 amide bonds. The molecule has 0 saturated carbocycles. The lowest BCUT2D eigenvalue weighted by Crippen LogP contribution is -2.18. The van der Waals surface area contributed by atoms with Crippen molar-refractivity contribution in [2.24, 2.45) is 0 Å². The van der Waals surface area contributed by atoms with Gasteiger partial charge in [0, 0.05) is 5.56 Å². The second-order valence-corrected chi connectivity index (χ2v) is 4.00. The first-order valence-corrected chi connectivity index (χ1v) is 5.48. The summed E-state index contributed by atoms with van der Waals surface area (Å²) in [6.45, 7) is 0.932. The van der Waals surface area contributed by atoms with E-state index in [0.29, 0.717) is 5.56 Å². The van der Waals surface area contributed by atoms with Crippen molar-refractivity contribution in [2.45, 2.75) is 25.1 Å². The molecule has 17 heavy (non-hydrogen) atoms. The normalized spacial score (nSPS) is 19.8. The summed E-state index contributed by atoms with van der Waals surface area (Å²) in [4.78, 5) is 0. The van der Waals surface area contributed by atoms with E-state index >= 15 is 0 Å². The molecule has 1 heterocycles. The molecular formula is C13H12F3N. The Bertz CT molecular complexity index is 448. The molecule has 1 atom stereocenters. The average molecular weight is 239 g/mol. The van der Waals surface area contributed by atoms with Gasteiger partial charge in [0.25, 0.3) is 0 Å². The molecule has 1 nitrogen and oxygen atoms in total. The average Bonchev–Trinajstić information content (AvgIpc) is 2.78. The summed E-state index contributed by atoms with van der Waals surface area (Å²) in [6.07, 6.45) is -2.27. The first kappa shape index (κ1) is 12.0. The third-order valence-electron chi connectivity index (χ3n) is 2.64. The fourth-order valence-electron chi connectivity index (χ4n) is 1.75. The molecule has 1 fully saturated rings. The second-order valence-electron chi connectivity index (χ2n) is 4.00. The van der Waals surface area contributed by atoms with Gasteiger partial charge in [-0.1, -0.05) is 17.9 Å². The predicted molar refractivity (Wildman–Crippen MR) is 59.3 cm³/mol. The van der Waals surface area contributed by atoms with Crippen LogP contribution in [0.3, 0.4) is 0 Å². The van der Waals surface area contributed by atoms with Gasteiger partial charge < -0.3 is 5.32 Å². The minimum absolute atomic E-state index is 0.115. The standard InChI is InChI=1S/C13H12F3N/c14-13(15,16)11-4-1-3-10(9-11)6-7-12-5-2-8-17-12/h1,3-4,9,12,17H,2,5,8H2. The number of nitrogens with one attached hydrogen (secondary N) is 1. The second kappa shape index (κ2) is 4.80. The summed E-state index contributed by atoms with van der Waals surface area (Å²) < 4.78 is 37.3. The SMILES string of the molecule is FC(F)(F)c1cccc(C#CC2CCCN2)c1. The number of hydrogen-bond acceptors (Lipinski definition) is 1. The molecule has 0 aliphatic carbocycles. The van der Waals surface area contributed by atoms with Crippen molar-refractivity contribution in [3.05, 3.63) is 35.4 Å². The van der Waals surface area contributed by atoms with E-state index in [4.69, 9.17) is 0 Å². The highest BCUT2D eigenvalue weighted by Crippen LogP contribution is 2.29. The van der Waals surface area contributed by atoms with Crippen molar-refractivity contribution in [1.29, 1.82) is 0 Å². The van der Waals surface area contributed by atoms with Crippen molar-refractivity contribution in [3.63, 3.8) is 0 Å². The van der Waals surface area contributed by atoms with E-state index in [1.54, 1.807) is 6.07 Å². The van der Waals surface area contributed by atoms with Crippen molar-refractivity contribution in [2.75, 3.05) is 6.54 Å². The van der Waals surface area contributed by atoms with E-state index < -0.39 is 11.7 Å². The highest BCUT2D eigenvalue weighted by Gasteiger charge is 2.30. The summed E-state index contributed by atoms with van der Waals surface area (Å²) in [5, 5.41) is 3.18. The van der Waals surface area contributed by atoms with E-state index in [-0.39, 0.29) is 6.04 Å². The molecule has 0 radical (unpaired) electrons. The maximum absolute atomic E-state index is 12.4. The van der Waals surface area contributed by atoms with Gasteiger partial charge in [-0.15, -0.1) is 0 Å². The van der Waals surface area contributed by atoms with Crippen LogP contribution in [-0.2, 0) is 6.18 Å². The first-order chi connectivity index (χ1) is 8.05. The lowest BCUT2D eigenvalue weighted by molar-refractivity contribution is -0.137. The van der Waals surface area contributed by atoms with Gasteiger partial charge in [-0.2, -0.15) is 13.2 Å². The van der Waals surface area contributed by atoms with Crippen LogP contribution in [0.15, 0.2) is 24.3 Å². The number of rotatable bonds is 0. The van der Waals surface area contributed by atoms with Crippen LogP contribution < -0.4 is 5.32 Å². The zero-order valence-electron chi connectivity index (χ0n) is 9.14. The predicted octanol–water partition coefficient (Wildman–Crippen LogP) is 2.81. The van der Waals surface area contributed by atoms with Crippen molar-refractivity contribution in [1.82, 2.24) is 5.32 Å². The third-order valence-corrected chi connectivity index (χ3v) is 2.64. The molecular weight excluding hydrogens is 227 g/mol. The van der Waals surface area contributed by atoms with Crippen LogP contribution in [0.2, 0.25) is 0 Å². The van der Waals surface area contributed by atoms with E-state index in [1.165, 1.54) is 6.07 Å². The quantitative estimate of drug-likeness (QED) is 0.686. The van der Waals surface area contributed by atoms with Gasteiger partial charge in [-0.25, -0.2) is 0 Å². The van der Waals surface area contributed by atoms with E-state index in [0.717, 1.165) is 31.5 Å². The smallest absolute Gasteiger partial charge is 0.304 e. The van der Waals surface area contributed by atoms with Gasteiger partial charge in [0.1, 0.15) is 0 Å². The first-order valence-electron chi connectivity index (χ1n) is 5.48. The van der Waals surface area contributed by atoms with Gasteiger partial charge >= 0.3 is 6.18 Å². The largest absolute Gasteiger partial charge is 0.416 e. The van der Waals surface area contributed by atoms with Crippen LogP contribution in [0.5, 0.6) is 0 Å². The monoisotopic (exact) mass is 239 g/mol. The van der Waals surface area contributed by atoms with Crippen LogP contribution in [0.25, 0.3) is 0 Å². The lowest BCUT2D eigenvalue weighted by atomic mass is 10.1. The van der Waals surface area contributed by atoms with Crippen LogP contribution in [0.4, 0.5) is 13.2 Å². The number of alkyl halides is 3. The van der Waals surface area contributed by atoms with E-state index in [1.807, 2.05) is 0 Å². The van der Waals surface area contributed by atoms with Crippen molar-refractivity contribution < 1.29 is 13.2 Å². The molecule has 1 aliphatic heterocycles. The van der Waals surface area contributed by atoms with Gasteiger partial charge in [-0.3, -0.25) is 0 Å². The molecule has 0 aromatic heterocycles. The Balaban J connectivity index is 2.16. The Morgan fingerprint density at radius 3 is 2.76 bits per heavy atom. The zero-order chi connectivity index (χ0) is 12.3. The van der Waals surface area contributed by atoms with Gasteiger partial charge in [-0.05, 0) is 37.6 Å². The minimum atomic E-state index is -4.30. The van der Waals surface area contributed by atoms with Crippen molar-refractivity contribution in [3.8, 4) is 11.8 Å². The fraction of sp³-hybridized carbons (Fsp3) is 0.385. The van der Waals surface area contributed by atoms with Gasteiger partial charge in [0.2, 0.25) is 0 Å². The molecule has 1 saturated heterocycles. The molecule has 1 unspecified atom stereocenters. The Morgan fingerprint density at radius 1 is 1.29 bits per heavy atom. The Hall–Kier alpha value is -1.47. The molecule has 0 spiro atoms. The summed E-state index contributed by atoms with van der Waals surface area (Å²) in [7, 11) is 0. The zero-order valence-corrected chi connectivity index (χ0v) is 9.14. The highest BCUT2D eigenvalue weighted by molar-refractivity contribution is 5.39. The van der Waals surface area contributed by atoms with Crippen LogP contribution in [-0.4, -0.2) is 12.6 Å². The van der Waals surface area contributed by atoms with Crippen LogP contribution in [0.1, 0.15) is 24.0 Å². The third kappa shape index (κ3) is 3.24. The number of benzene rings is 1. The number of halogens is 3. The molecule has 2 rings (SSSR count). The topological polar surface area (TPSA) is 12.0 Å². The molecule has 1 aromatic rings. The highest BCUT2D eigenvalue weighted by atomic mass is 19.4. The molecule has 1 aromatic carbocycles.